The van der Waals surface area contributed by atoms with Crippen molar-refractivity contribution in [1.29, 1.82) is 0 Å². The third-order valence-corrected chi connectivity index (χ3v) is 2.60. The van der Waals surface area contributed by atoms with Gasteiger partial charge in [0.1, 0.15) is 5.84 Å². The number of hydrazone groups is 1. The van der Waals surface area contributed by atoms with Crippen LogP contribution in [0.1, 0.15) is 17.3 Å². The van der Waals surface area contributed by atoms with Crippen LogP contribution < -0.4 is 5.43 Å². The molecule has 0 bridgehead atoms. The van der Waals surface area contributed by atoms with Gasteiger partial charge in [0.25, 0.3) is 5.91 Å². The van der Waals surface area contributed by atoms with Gasteiger partial charge in [-0.3, -0.25) is 4.79 Å². The molecule has 0 aliphatic carbocycles. The summed E-state index contributed by atoms with van der Waals surface area (Å²) >= 11 is 3.31. The lowest BCUT2D eigenvalue weighted by Gasteiger charge is -2.10. The van der Waals surface area contributed by atoms with Gasteiger partial charge in [-0.2, -0.15) is 5.10 Å². The second kappa shape index (κ2) is 5.65. The number of nitrogens with one attached hydrogen (secondary N) is 1. The first-order valence-electron chi connectivity index (χ1n) is 4.78. The van der Waals surface area contributed by atoms with Crippen LogP contribution in [0.15, 0.2) is 33.8 Å². The van der Waals surface area contributed by atoms with Crippen LogP contribution in [-0.2, 0) is 0 Å². The van der Waals surface area contributed by atoms with E-state index >= 15 is 0 Å². The normalized spacial score (nSPS) is 11.1. The van der Waals surface area contributed by atoms with E-state index in [2.05, 4.69) is 26.5 Å². The maximum atomic E-state index is 11.6. The topological polar surface area (TPSA) is 44.7 Å². The zero-order valence-corrected chi connectivity index (χ0v) is 11.1. The van der Waals surface area contributed by atoms with Crippen LogP contribution in [0.2, 0.25) is 0 Å². The summed E-state index contributed by atoms with van der Waals surface area (Å²) in [5.74, 6) is 0.527. The summed E-state index contributed by atoms with van der Waals surface area (Å²) in [7, 11) is 3.73. The van der Waals surface area contributed by atoms with E-state index in [1.807, 2.05) is 38.1 Å². The quantitative estimate of drug-likeness (QED) is 0.513. The number of carbonyl (C=O) groups excluding carboxylic acids is 1. The fourth-order valence-electron chi connectivity index (χ4n) is 0.897. The molecule has 0 heterocycles. The van der Waals surface area contributed by atoms with Crippen molar-refractivity contribution in [2.75, 3.05) is 14.1 Å². The third kappa shape index (κ3) is 3.66. The number of hydrogen-bond acceptors (Lipinski definition) is 2. The molecule has 0 saturated carbocycles. The molecule has 0 radical (unpaired) electrons. The molecule has 1 aromatic rings. The second-order valence-corrected chi connectivity index (χ2v) is 4.42. The van der Waals surface area contributed by atoms with Gasteiger partial charge in [0.15, 0.2) is 0 Å². The molecule has 0 fully saturated rings. The van der Waals surface area contributed by atoms with Crippen LogP contribution in [0, 0.1) is 0 Å². The molecule has 1 rings (SSSR count). The lowest BCUT2D eigenvalue weighted by molar-refractivity contribution is 0.0954. The molecular weight excluding hydrogens is 270 g/mol. The Morgan fingerprint density at radius 2 is 1.88 bits per heavy atom. The Hall–Kier alpha value is -1.36. The van der Waals surface area contributed by atoms with Crippen molar-refractivity contribution in [3.63, 3.8) is 0 Å². The number of halogens is 1. The van der Waals surface area contributed by atoms with Crippen LogP contribution in [0.4, 0.5) is 0 Å². The molecule has 0 atom stereocenters. The Labute approximate surface area is 103 Å². The van der Waals surface area contributed by atoms with E-state index in [1.54, 1.807) is 12.1 Å². The highest BCUT2D eigenvalue weighted by Crippen LogP contribution is 2.10. The van der Waals surface area contributed by atoms with Crippen molar-refractivity contribution in [3.8, 4) is 0 Å². The summed E-state index contributed by atoms with van der Waals surface area (Å²) in [6, 6.07) is 7.11. The summed E-state index contributed by atoms with van der Waals surface area (Å²) in [6.45, 7) is 1.82. The van der Waals surface area contributed by atoms with Gasteiger partial charge in [0.2, 0.25) is 0 Å². The molecule has 86 valence electrons. The first-order valence-corrected chi connectivity index (χ1v) is 5.57. The number of hydrogen-bond donors (Lipinski definition) is 1. The van der Waals surface area contributed by atoms with E-state index < -0.39 is 0 Å². The Bertz CT molecular complexity index is 398. The van der Waals surface area contributed by atoms with Gasteiger partial charge >= 0.3 is 0 Å². The summed E-state index contributed by atoms with van der Waals surface area (Å²) in [4.78, 5) is 13.5. The molecule has 0 aliphatic heterocycles. The average molecular weight is 284 g/mol. The highest BCUT2D eigenvalue weighted by molar-refractivity contribution is 9.10. The Kier molecular flexibility index (Phi) is 4.49. The third-order valence-electron chi connectivity index (χ3n) is 2.07. The monoisotopic (exact) mass is 283 g/mol. The number of benzene rings is 1. The maximum Gasteiger partial charge on any atom is 0.271 e. The second-order valence-electron chi connectivity index (χ2n) is 3.50. The van der Waals surface area contributed by atoms with Gasteiger partial charge in [-0.15, -0.1) is 0 Å². The molecule has 5 heteroatoms. The Morgan fingerprint density at radius 1 is 1.31 bits per heavy atom. The Morgan fingerprint density at radius 3 is 2.38 bits per heavy atom. The lowest BCUT2D eigenvalue weighted by Crippen LogP contribution is -2.25. The van der Waals surface area contributed by atoms with E-state index in [0.29, 0.717) is 5.56 Å². The molecule has 0 aromatic heterocycles. The fourth-order valence-corrected chi connectivity index (χ4v) is 1.16. The van der Waals surface area contributed by atoms with Crippen molar-refractivity contribution in [1.82, 2.24) is 10.3 Å². The van der Waals surface area contributed by atoms with Gasteiger partial charge in [0.05, 0.1) is 0 Å². The van der Waals surface area contributed by atoms with E-state index in [4.69, 9.17) is 0 Å². The average Bonchev–Trinajstić information content (AvgIpc) is 2.26. The van der Waals surface area contributed by atoms with Crippen LogP contribution in [0.25, 0.3) is 0 Å². The van der Waals surface area contributed by atoms with Gasteiger partial charge in [-0.1, -0.05) is 15.9 Å². The van der Waals surface area contributed by atoms with E-state index in [9.17, 15) is 4.79 Å². The highest BCUT2D eigenvalue weighted by atomic mass is 79.9. The number of carbonyl (C=O) groups is 1. The van der Waals surface area contributed by atoms with Gasteiger partial charge in [0, 0.05) is 24.1 Å². The first-order chi connectivity index (χ1) is 7.50. The highest BCUT2D eigenvalue weighted by Gasteiger charge is 2.03. The van der Waals surface area contributed by atoms with Crippen molar-refractivity contribution in [2.24, 2.45) is 5.10 Å². The van der Waals surface area contributed by atoms with Crippen molar-refractivity contribution >= 4 is 27.7 Å². The molecule has 4 nitrogen and oxygen atoms in total. The van der Waals surface area contributed by atoms with Crippen LogP contribution in [-0.4, -0.2) is 30.7 Å². The minimum Gasteiger partial charge on any atom is -0.365 e. The van der Waals surface area contributed by atoms with Gasteiger partial charge in [-0.25, -0.2) is 5.43 Å². The zero-order chi connectivity index (χ0) is 12.1. The minimum atomic E-state index is -0.214. The molecule has 1 aromatic carbocycles. The first kappa shape index (κ1) is 12.7. The predicted octanol–water partition coefficient (Wildman–Crippen LogP) is 2.07. The summed E-state index contributed by atoms with van der Waals surface area (Å²) in [6.07, 6.45) is 0. The fraction of sp³-hybridized carbons (Fsp3) is 0.273. The van der Waals surface area contributed by atoms with Crippen molar-refractivity contribution in [3.05, 3.63) is 34.3 Å². The summed E-state index contributed by atoms with van der Waals surface area (Å²) in [5, 5.41) is 3.95. The van der Waals surface area contributed by atoms with Crippen LogP contribution in [0.5, 0.6) is 0 Å². The van der Waals surface area contributed by atoms with Crippen molar-refractivity contribution < 1.29 is 4.79 Å². The minimum absolute atomic E-state index is 0.214. The summed E-state index contributed by atoms with van der Waals surface area (Å²) in [5.41, 5.74) is 3.07. The molecule has 0 saturated heterocycles. The number of amidine groups is 1. The van der Waals surface area contributed by atoms with E-state index in [1.165, 1.54) is 0 Å². The number of nitrogens with zero attached hydrogens (tertiary/aromatic N) is 2. The van der Waals surface area contributed by atoms with Gasteiger partial charge < -0.3 is 4.90 Å². The molecular formula is C11H14BrN3O. The number of rotatable bonds is 2. The molecule has 1 N–H and O–H groups in total. The summed E-state index contributed by atoms with van der Waals surface area (Å²) < 4.78 is 0.942. The number of amides is 1. The molecule has 0 unspecified atom stereocenters. The standard InChI is InChI=1S/C11H14BrN3O/c1-8(15(2)3)13-14-11(16)9-4-6-10(12)7-5-9/h4-7H,1-3H3,(H,14,16)/b13-8-. The Balaban J connectivity index is 2.66. The smallest absolute Gasteiger partial charge is 0.271 e. The van der Waals surface area contributed by atoms with E-state index in [0.717, 1.165) is 10.3 Å². The van der Waals surface area contributed by atoms with Crippen LogP contribution >= 0.6 is 15.9 Å². The van der Waals surface area contributed by atoms with Crippen molar-refractivity contribution in [2.45, 2.75) is 6.92 Å². The zero-order valence-electron chi connectivity index (χ0n) is 9.49. The van der Waals surface area contributed by atoms with Gasteiger partial charge in [-0.05, 0) is 31.2 Å². The molecule has 1 amide bonds. The SMILES string of the molecule is C/C(=N/NC(=O)c1ccc(Br)cc1)N(C)C. The molecule has 0 aliphatic rings. The maximum absolute atomic E-state index is 11.6. The lowest BCUT2D eigenvalue weighted by atomic mass is 10.2. The largest absolute Gasteiger partial charge is 0.365 e. The van der Waals surface area contributed by atoms with Crippen LogP contribution in [0.3, 0.4) is 0 Å². The molecule has 16 heavy (non-hydrogen) atoms. The predicted molar refractivity (Wildman–Crippen MR) is 68.4 cm³/mol. The molecule has 0 spiro atoms. The van der Waals surface area contributed by atoms with E-state index in [-0.39, 0.29) is 5.91 Å².